The fourth-order valence-corrected chi connectivity index (χ4v) is 2.80. The van der Waals surface area contributed by atoms with Crippen molar-refractivity contribution in [3.05, 3.63) is 41.6 Å². The lowest BCUT2D eigenvalue weighted by Gasteiger charge is -2.34. The first-order valence-corrected chi connectivity index (χ1v) is 8.57. The molecule has 3 N–H and O–H groups in total. The van der Waals surface area contributed by atoms with Gasteiger partial charge >= 0.3 is 0 Å². The fourth-order valence-electron chi connectivity index (χ4n) is 2.80. The summed E-state index contributed by atoms with van der Waals surface area (Å²) in [5.74, 6) is 5.30. The van der Waals surface area contributed by atoms with Crippen molar-refractivity contribution in [1.82, 2.24) is 14.9 Å². The second-order valence-electron chi connectivity index (χ2n) is 6.38. The molecule has 3 heterocycles. The van der Waals surface area contributed by atoms with Crippen molar-refractivity contribution in [2.45, 2.75) is 6.92 Å². The van der Waals surface area contributed by atoms with Gasteiger partial charge in [0.15, 0.2) is 0 Å². The number of amides is 1. The summed E-state index contributed by atoms with van der Waals surface area (Å²) in [7, 11) is 2.05. The van der Waals surface area contributed by atoms with E-state index in [2.05, 4.69) is 39.1 Å². The second-order valence-corrected chi connectivity index (χ2v) is 6.38. The molecule has 1 aliphatic heterocycles. The fraction of sp³-hybridized carbons (Fsp3) is 0.316. The maximum Gasteiger partial charge on any atom is 0.222 e. The molecule has 1 aliphatic rings. The number of nitrogens with zero attached hydrogens (tertiary/aromatic N) is 4. The molecule has 3 rings (SSSR count). The van der Waals surface area contributed by atoms with Crippen LogP contribution in [0.4, 0.5) is 21.6 Å². The standard InChI is InChI=1S/C19H21FN6O/c1-13(27)23-18-11-14(5-6-22-18)3-4-15-19(21)16(12-17(20)24-15)26-9-7-25(2)8-10-26/h5-6,11-12H,7-10,21H2,1-2H3,(H,22,23,27). The number of nitrogen functional groups attached to an aromatic ring is 1. The Bertz CT molecular complexity index is 912. The van der Waals surface area contributed by atoms with E-state index in [0.717, 1.165) is 26.2 Å². The molecule has 0 spiro atoms. The van der Waals surface area contributed by atoms with E-state index >= 15 is 0 Å². The quantitative estimate of drug-likeness (QED) is 0.614. The third kappa shape index (κ3) is 4.71. The highest BCUT2D eigenvalue weighted by Gasteiger charge is 2.19. The van der Waals surface area contributed by atoms with Crippen molar-refractivity contribution in [1.29, 1.82) is 0 Å². The molecule has 0 unspecified atom stereocenters. The predicted octanol–water partition coefficient (Wildman–Crippen LogP) is 1.31. The van der Waals surface area contributed by atoms with Crippen LogP contribution in [0.2, 0.25) is 0 Å². The minimum Gasteiger partial charge on any atom is -0.395 e. The highest BCUT2D eigenvalue weighted by Crippen LogP contribution is 2.27. The van der Waals surface area contributed by atoms with Crippen LogP contribution in [0.15, 0.2) is 24.4 Å². The zero-order valence-electron chi connectivity index (χ0n) is 15.3. The van der Waals surface area contributed by atoms with Gasteiger partial charge in [-0.15, -0.1) is 0 Å². The molecule has 0 saturated carbocycles. The lowest BCUT2D eigenvalue weighted by Crippen LogP contribution is -2.44. The molecule has 2 aromatic rings. The van der Waals surface area contributed by atoms with Crippen molar-refractivity contribution in [2.75, 3.05) is 49.2 Å². The van der Waals surface area contributed by atoms with Crippen LogP contribution in [0.3, 0.4) is 0 Å². The SMILES string of the molecule is CC(=O)Nc1cc(C#Cc2nc(F)cc(N3CCN(C)CC3)c2N)ccn1. The lowest BCUT2D eigenvalue weighted by atomic mass is 10.2. The maximum atomic E-state index is 14.0. The molecule has 7 nitrogen and oxygen atoms in total. The number of carbonyl (C=O) groups is 1. The summed E-state index contributed by atoms with van der Waals surface area (Å²) in [6, 6.07) is 4.67. The van der Waals surface area contributed by atoms with E-state index in [9.17, 15) is 9.18 Å². The van der Waals surface area contributed by atoms with Crippen LogP contribution in [-0.4, -0.2) is 54.0 Å². The molecule has 0 aromatic carbocycles. The number of nitrogens with two attached hydrogens (primary N) is 1. The molecule has 1 amide bonds. The number of hydrogen-bond donors (Lipinski definition) is 2. The van der Waals surface area contributed by atoms with Gasteiger partial charge < -0.3 is 20.9 Å². The third-order valence-corrected chi connectivity index (χ3v) is 4.24. The van der Waals surface area contributed by atoms with E-state index in [1.165, 1.54) is 19.2 Å². The van der Waals surface area contributed by atoms with Gasteiger partial charge in [0.05, 0.1) is 11.4 Å². The van der Waals surface area contributed by atoms with Crippen LogP contribution in [0, 0.1) is 17.8 Å². The Labute approximate surface area is 157 Å². The highest BCUT2D eigenvalue weighted by molar-refractivity contribution is 5.87. The number of hydrogen-bond acceptors (Lipinski definition) is 6. The molecule has 2 aromatic heterocycles. The molecular formula is C19H21FN6O. The van der Waals surface area contributed by atoms with E-state index in [0.29, 0.717) is 22.8 Å². The van der Waals surface area contributed by atoms with Crippen LogP contribution in [0.1, 0.15) is 18.2 Å². The van der Waals surface area contributed by atoms with Crippen LogP contribution >= 0.6 is 0 Å². The lowest BCUT2D eigenvalue weighted by molar-refractivity contribution is -0.114. The first kappa shape index (κ1) is 18.6. The molecule has 0 radical (unpaired) electrons. The number of aromatic nitrogens is 2. The van der Waals surface area contributed by atoms with Crippen molar-refractivity contribution in [2.24, 2.45) is 0 Å². The first-order chi connectivity index (χ1) is 12.9. The Morgan fingerprint density at radius 2 is 2.00 bits per heavy atom. The van der Waals surface area contributed by atoms with Crippen LogP contribution in [0.5, 0.6) is 0 Å². The normalized spacial score (nSPS) is 14.4. The number of rotatable bonds is 2. The maximum absolute atomic E-state index is 14.0. The molecule has 140 valence electrons. The van der Waals surface area contributed by atoms with Crippen LogP contribution < -0.4 is 16.0 Å². The van der Waals surface area contributed by atoms with Gasteiger partial charge in [0.2, 0.25) is 11.9 Å². The number of anilines is 3. The van der Waals surface area contributed by atoms with Crippen molar-refractivity contribution >= 4 is 23.1 Å². The zero-order chi connectivity index (χ0) is 19.4. The average molecular weight is 368 g/mol. The molecule has 0 aliphatic carbocycles. The third-order valence-electron chi connectivity index (χ3n) is 4.24. The largest absolute Gasteiger partial charge is 0.395 e. The van der Waals surface area contributed by atoms with Gasteiger partial charge in [-0.2, -0.15) is 4.39 Å². The number of pyridine rings is 2. The number of piperazine rings is 1. The van der Waals surface area contributed by atoms with E-state index in [4.69, 9.17) is 5.73 Å². The summed E-state index contributed by atoms with van der Waals surface area (Å²) in [6.07, 6.45) is 1.54. The highest BCUT2D eigenvalue weighted by atomic mass is 19.1. The summed E-state index contributed by atoms with van der Waals surface area (Å²) >= 11 is 0. The molecule has 0 bridgehead atoms. The van der Waals surface area contributed by atoms with Crippen LogP contribution in [0.25, 0.3) is 0 Å². The Kier molecular flexibility index (Phi) is 5.52. The van der Waals surface area contributed by atoms with Crippen molar-refractivity contribution < 1.29 is 9.18 Å². The summed E-state index contributed by atoms with van der Waals surface area (Å²) in [5, 5.41) is 2.59. The summed E-state index contributed by atoms with van der Waals surface area (Å²) < 4.78 is 14.0. The minimum atomic E-state index is -0.615. The number of carbonyl (C=O) groups excluding carboxylic acids is 1. The second kappa shape index (κ2) is 8.01. The molecular weight excluding hydrogens is 347 g/mol. The molecule has 8 heteroatoms. The molecule has 1 fully saturated rings. The number of halogens is 1. The van der Waals surface area contributed by atoms with E-state index in [1.54, 1.807) is 12.1 Å². The Hall–Kier alpha value is -3.18. The van der Waals surface area contributed by atoms with Gasteiger partial charge in [0.1, 0.15) is 11.5 Å². The minimum absolute atomic E-state index is 0.196. The Morgan fingerprint density at radius 1 is 1.26 bits per heavy atom. The van der Waals surface area contributed by atoms with Gasteiger partial charge in [-0.05, 0) is 25.1 Å². The van der Waals surface area contributed by atoms with Crippen molar-refractivity contribution in [3.8, 4) is 11.8 Å². The first-order valence-electron chi connectivity index (χ1n) is 8.57. The topological polar surface area (TPSA) is 87.4 Å². The van der Waals surface area contributed by atoms with E-state index in [1.807, 2.05) is 4.90 Å². The monoisotopic (exact) mass is 368 g/mol. The van der Waals surface area contributed by atoms with Gasteiger partial charge in [0.25, 0.3) is 0 Å². The molecule has 0 atom stereocenters. The number of nitrogens with one attached hydrogen (secondary N) is 1. The predicted molar refractivity (Wildman–Crippen MR) is 103 cm³/mol. The Balaban J connectivity index is 1.88. The average Bonchev–Trinajstić information content (AvgIpc) is 2.63. The summed E-state index contributed by atoms with van der Waals surface area (Å²) in [4.78, 5) is 23.3. The molecule has 1 saturated heterocycles. The van der Waals surface area contributed by atoms with Crippen molar-refractivity contribution in [3.63, 3.8) is 0 Å². The number of likely N-dealkylation sites (N-methyl/N-ethyl adjacent to an activating group) is 1. The van der Waals surface area contributed by atoms with Crippen LogP contribution in [-0.2, 0) is 4.79 Å². The molecule has 27 heavy (non-hydrogen) atoms. The van der Waals surface area contributed by atoms with Gasteiger partial charge in [-0.1, -0.05) is 5.92 Å². The zero-order valence-corrected chi connectivity index (χ0v) is 15.3. The smallest absolute Gasteiger partial charge is 0.222 e. The Morgan fingerprint density at radius 3 is 2.70 bits per heavy atom. The van der Waals surface area contributed by atoms with Gasteiger partial charge in [-0.3, -0.25) is 4.79 Å². The van der Waals surface area contributed by atoms with Gasteiger partial charge in [-0.25, -0.2) is 9.97 Å². The van der Waals surface area contributed by atoms with E-state index in [-0.39, 0.29) is 11.6 Å². The summed E-state index contributed by atoms with van der Waals surface area (Å²) in [5.41, 5.74) is 8.01. The van der Waals surface area contributed by atoms with E-state index < -0.39 is 5.95 Å². The summed E-state index contributed by atoms with van der Waals surface area (Å²) in [6.45, 7) is 4.70. The van der Waals surface area contributed by atoms with Gasteiger partial charge in [0, 0.05) is 50.9 Å².